The molecule has 0 spiro atoms. The van der Waals surface area contributed by atoms with Crippen molar-refractivity contribution in [3.05, 3.63) is 12.2 Å². The summed E-state index contributed by atoms with van der Waals surface area (Å²) in [4.78, 5) is 12.2. The molecular weight excluding hydrogens is 678 g/mol. The fraction of sp³-hybridized carbons (Fsp3) is 0.921. The summed E-state index contributed by atoms with van der Waals surface area (Å²) in [6, 6.07) is -0.905. The highest BCUT2D eigenvalue weighted by molar-refractivity contribution is 5.75. The van der Waals surface area contributed by atoms with Crippen LogP contribution in [0.1, 0.15) is 129 Å². The van der Waals surface area contributed by atoms with Gasteiger partial charge in [0.2, 0.25) is 5.91 Å². The summed E-state index contributed by atoms with van der Waals surface area (Å²) in [5.41, 5.74) is 0. The average molecular weight is 750 g/mol. The third-order valence-electron chi connectivity index (χ3n) is 10.0. The molecule has 2 fully saturated rings. The van der Waals surface area contributed by atoms with Gasteiger partial charge in [-0.25, -0.2) is 0 Å². The Kier molecular flexibility index (Phi) is 24.6. The number of amides is 1. The van der Waals surface area contributed by atoms with Crippen molar-refractivity contribution < 1.29 is 64.6 Å². The van der Waals surface area contributed by atoms with Gasteiger partial charge in [0.1, 0.15) is 48.8 Å². The van der Waals surface area contributed by atoms with Gasteiger partial charge in [-0.05, 0) is 12.8 Å². The van der Waals surface area contributed by atoms with Gasteiger partial charge in [-0.15, -0.1) is 0 Å². The Labute approximate surface area is 310 Å². The van der Waals surface area contributed by atoms with Gasteiger partial charge in [0.05, 0.1) is 32.0 Å². The quantitative estimate of drug-likeness (QED) is 0.0413. The minimum atomic E-state index is -1.78. The Morgan fingerprint density at radius 3 is 1.69 bits per heavy atom. The number of rotatable bonds is 28. The summed E-state index contributed by atoms with van der Waals surface area (Å²) >= 11 is 0. The minimum Gasteiger partial charge on any atom is -0.394 e. The molecule has 52 heavy (non-hydrogen) atoms. The normalized spacial score (nSPS) is 30.8. The van der Waals surface area contributed by atoms with Gasteiger partial charge in [0, 0.05) is 6.42 Å². The van der Waals surface area contributed by atoms with Gasteiger partial charge in [-0.1, -0.05) is 122 Å². The molecule has 0 bridgehead atoms. The fourth-order valence-electron chi connectivity index (χ4n) is 6.61. The second kappa shape index (κ2) is 27.3. The molecule has 2 aliphatic rings. The first-order chi connectivity index (χ1) is 25.1. The number of unbranched alkanes of at least 4 members (excludes halogenated alkanes) is 16. The lowest BCUT2D eigenvalue weighted by atomic mass is 9.97. The Balaban J connectivity index is 1.73. The first-order valence-electron chi connectivity index (χ1n) is 19.9. The summed E-state index contributed by atoms with van der Waals surface area (Å²) in [5.74, 6) is -0.328. The van der Waals surface area contributed by atoms with E-state index in [-0.39, 0.29) is 18.9 Å². The highest BCUT2D eigenvalue weighted by Gasteiger charge is 2.50. The summed E-state index contributed by atoms with van der Waals surface area (Å²) < 4.78 is 22.2. The van der Waals surface area contributed by atoms with Crippen molar-refractivity contribution in [2.45, 2.75) is 203 Å². The number of hydrogen-bond donors (Lipinski definition) is 9. The molecule has 2 saturated heterocycles. The van der Waals surface area contributed by atoms with E-state index in [4.69, 9.17) is 18.9 Å². The number of carbonyl (C=O) groups is 1. The Bertz CT molecular complexity index is 941. The molecule has 2 aliphatic heterocycles. The molecule has 0 aromatic carbocycles. The first kappa shape index (κ1) is 46.9. The van der Waals surface area contributed by atoms with E-state index in [0.717, 1.165) is 19.3 Å². The Hall–Kier alpha value is -1.27. The molecular formula is C38H71NO13. The number of hydrogen-bond acceptors (Lipinski definition) is 13. The summed E-state index contributed by atoms with van der Waals surface area (Å²) in [7, 11) is 0. The second-order valence-corrected chi connectivity index (χ2v) is 14.4. The van der Waals surface area contributed by atoms with Crippen molar-refractivity contribution in [2.24, 2.45) is 0 Å². The number of aliphatic hydroxyl groups is 8. The van der Waals surface area contributed by atoms with E-state index in [1.807, 2.05) is 6.08 Å². The van der Waals surface area contributed by atoms with Crippen LogP contribution in [-0.4, -0.2) is 140 Å². The molecule has 9 N–H and O–H groups in total. The van der Waals surface area contributed by atoms with E-state index in [0.29, 0.717) is 0 Å². The van der Waals surface area contributed by atoms with Crippen LogP contribution in [0.5, 0.6) is 0 Å². The molecule has 14 heteroatoms. The number of allylic oxidation sites excluding steroid dienone is 1. The van der Waals surface area contributed by atoms with Gasteiger partial charge >= 0.3 is 0 Å². The average Bonchev–Trinajstić information content (AvgIpc) is 3.14. The molecule has 2 heterocycles. The van der Waals surface area contributed by atoms with Gasteiger partial charge < -0.3 is 65.1 Å². The van der Waals surface area contributed by atoms with Gasteiger partial charge in [-0.3, -0.25) is 4.79 Å². The molecule has 12 atom stereocenters. The molecule has 0 saturated carbocycles. The maximum Gasteiger partial charge on any atom is 0.220 e. The van der Waals surface area contributed by atoms with Crippen LogP contribution >= 0.6 is 0 Å². The van der Waals surface area contributed by atoms with Crippen molar-refractivity contribution in [3.63, 3.8) is 0 Å². The SMILES string of the molecule is CCCCCCCCCCCCCCCCCC/C=C/C(O)C(COC1OC(CO)C(OC2OC(CO)C(O)C(O)C2O)C(O)C1O)NC(=O)CC. The highest BCUT2D eigenvalue weighted by atomic mass is 16.7. The zero-order chi connectivity index (χ0) is 38.3. The predicted octanol–water partition coefficient (Wildman–Crippen LogP) is 2.09. The van der Waals surface area contributed by atoms with E-state index < -0.39 is 86.8 Å². The summed E-state index contributed by atoms with van der Waals surface area (Å²) in [6.07, 6.45) is 8.15. The lowest BCUT2D eigenvalue weighted by Gasteiger charge is -2.46. The molecule has 1 amide bonds. The smallest absolute Gasteiger partial charge is 0.220 e. The zero-order valence-electron chi connectivity index (χ0n) is 31.6. The minimum absolute atomic E-state index is 0.164. The molecule has 0 aromatic heterocycles. The summed E-state index contributed by atoms with van der Waals surface area (Å²) in [6.45, 7) is 2.20. The van der Waals surface area contributed by atoms with Crippen LogP contribution < -0.4 is 5.32 Å². The van der Waals surface area contributed by atoms with Crippen LogP contribution in [0, 0.1) is 0 Å². The largest absolute Gasteiger partial charge is 0.394 e. The molecule has 0 radical (unpaired) electrons. The van der Waals surface area contributed by atoms with Crippen molar-refractivity contribution in [3.8, 4) is 0 Å². The molecule has 2 rings (SSSR count). The lowest BCUT2D eigenvalue weighted by Crippen LogP contribution is -2.65. The van der Waals surface area contributed by atoms with Gasteiger partial charge in [-0.2, -0.15) is 0 Å². The van der Waals surface area contributed by atoms with Crippen molar-refractivity contribution >= 4 is 5.91 Å². The van der Waals surface area contributed by atoms with Gasteiger partial charge in [0.15, 0.2) is 12.6 Å². The molecule has 14 nitrogen and oxygen atoms in total. The third kappa shape index (κ3) is 16.6. The van der Waals surface area contributed by atoms with Crippen LogP contribution in [0.3, 0.4) is 0 Å². The number of nitrogens with one attached hydrogen (secondary N) is 1. The maximum atomic E-state index is 12.2. The Morgan fingerprint density at radius 1 is 0.673 bits per heavy atom. The molecule has 306 valence electrons. The van der Waals surface area contributed by atoms with Crippen LogP contribution in [0.4, 0.5) is 0 Å². The van der Waals surface area contributed by atoms with Crippen LogP contribution in [0.25, 0.3) is 0 Å². The summed E-state index contributed by atoms with van der Waals surface area (Å²) in [5, 5.41) is 85.1. The second-order valence-electron chi connectivity index (χ2n) is 14.4. The number of ether oxygens (including phenoxy) is 4. The van der Waals surface area contributed by atoms with Crippen LogP contribution in [0.15, 0.2) is 12.2 Å². The van der Waals surface area contributed by atoms with E-state index in [1.54, 1.807) is 13.0 Å². The zero-order valence-corrected chi connectivity index (χ0v) is 31.6. The molecule has 0 aliphatic carbocycles. The lowest BCUT2D eigenvalue weighted by molar-refractivity contribution is -0.359. The van der Waals surface area contributed by atoms with Crippen molar-refractivity contribution in [1.29, 1.82) is 0 Å². The van der Waals surface area contributed by atoms with Crippen molar-refractivity contribution in [1.82, 2.24) is 5.32 Å². The van der Waals surface area contributed by atoms with Crippen LogP contribution in [0.2, 0.25) is 0 Å². The monoisotopic (exact) mass is 749 g/mol. The highest BCUT2D eigenvalue weighted by Crippen LogP contribution is 2.29. The van der Waals surface area contributed by atoms with E-state index in [9.17, 15) is 45.6 Å². The van der Waals surface area contributed by atoms with E-state index in [1.165, 1.54) is 89.9 Å². The fourth-order valence-corrected chi connectivity index (χ4v) is 6.61. The third-order valence-corrected chi connectivity index (χ3v) is 10.0. The molecule has 12 unspecified atom stereocenters. The standard InChI is InChI=1S/C38H71NO13/c1-3-5-6-7-8-9-10-11-12-13-14-15-16-17-18-19-20-21-22-27(42)26(39-30(43)4-2)25-49-37-35(48)33(46)36(29(24-41)51-37)52-38-34(47)32(45)31(44)28(23-40)50-38/h21-22,26-29,31-38,40-42,44-48H,3-20,23-25H2,1-2H3,(H,39,43)/b22-21+. The van der Waals surface area contributed by atoms with E-state index >= 15 is 0 Å². The van der Waals surface area contributed by atoms with Crippen LogP contribution in [-0.2, 0) is 23.7 Å². The van der Waals surface area contributed by atoms with Crippen molar-refractivity contribution in [2.75, 3.05) is 19.8 Å². The number of aliphatic hydroxyl groups excluding tert-OH is 8. The maximum absolute atomic E-state index is 12.2. The topological polar surface area (TPSA) is 228 Å². The Morgan fingerprint density at radius 2 is 1.17 bits per heavy atom. The predicted molar refractivity (Wildman–Crippen MR) is 194 cm³/mol. The number of carbonyl (C=O) groups excluding carboxylic acids is 1. The van der Waals surface area contributed by atoms with Gasteiger partial charge in [0.25, 0.3) is 0 Å². The molecule has 0 aromatic rings. The first-order valence-corrected chi connectivity index (χ1v) is 19.9. The van der Waals surface area contributed by atoms with E-state index in [2.05, 4.69) is 12.2 Å².